The van der Waals surface area contributed by atoms with Gasteiger partial charge in [0.05, 0.1) is 7.11 Å². The van der Waals surface area contributed by atoms with Crippen molar-refractivity contribution in [3.05, 3.63) is 35.9 Å². The van der Waals surface area contributed by atoms with E-state index < -0.39 is 18.0 Å². The van der Waals surface area contributed by atoms with E-state index in [1.807, 2.05) is 4.90 Å². The number of carbonyl (C=O) groups excluding carboxylic acids is 1. The van der Waals surface area contributed by atoms with E-state index in [2.05, 4.69) is 25.3 Å². The van der Waals surface area contributed by atoms with Crippen LogP contribution in [0.25, 0.3) is 10.3 Å². The number of pyridine rings is 1. The van der Waals surface area contributed by atoms with Gasteiger partial charge >= 0.3 is 12.3 Å². The van der Waals surface area contributed by atoms with E-state index in [-0.39, 0.29) is 0 Å². The molecule has 1 N–H and O–H groups in total. The van der Waals surface area contributed by atoms with E-state index in [1.54, 1.807) is 0 Å². The quantitative estimate of drug-likeness (QED) is 0.604. The highest BCUT2D eigenvalue weighted by atomic mass is 32.1. The molecule has 0 unspecified atom stereocenters. The predicted octanol–water partition coefficient (Wildman–Crippen LogP) is 2.79. The Hall–Kier alpha value is -3.10. The Morgan fingerprint density at radius 3 is 2.62 bits per heavy atom. The number of nitrogens with zero attached hydrogens (tertiary/aromatic N) is 6. The minimum atomic E-state index is -4.45. The number of aromatic nitrogens is 4. The first-order valence-corrected chi connectivity index (χ1v) is 10.3. The molecular formula is C18H18F3N7O3S. The summed E-state index contributed by atoms with van der Waals surface area (Å²) >= 11 is 1.16. The monoisotopic (exact) mass is 469 g/mol. The van der Waals surface area contributed by atoms with Crippen LogP contribution in [0.2, 0.25) is 0 Å². The fourth-order valence-electron chi connectivity index (χ4n) is 3.09. The van der Waals surface area contributed by atoms with Crippen molar-refractivity contribution < 1.29 is 27.5 Å². The minimum absolute atomic E-state index is 0.303. The van der Waals surface area contributed by atoms with Gasteiger partial charge in [0, 0.05) is 38.9 Å². The van der Waals surface area contributed by atoms with Gasteiger partial charge in [-0.25, -0.2) is 14.8 Å². The average Bonchev–Trinajstić information content (AvgIpc) is 3.17. The number of hydroxylamine groups is 2. The van der Waals surface area contributed by atoms with Gasteiger partial charge in [-0.2, -0.15) is 18.2 Å². The highest BCUT2D eigenvalue weighted by molar-refractivity contribution is 7.22. The Bertz CT molecular complexity index is 1090. The lowest BCUT2D eigenvalue weighted by Gasteiger charge is -2.33. The molecule has 3 aromatic rings. The van der Waals surface area contributed by atoms with Crippen molar-refractivity contribution in [2.24, 2.45) is 0 Å². The number of piperazine rings is 1. The van der Waals surface area contributed by atoms with Crippen molar-refractivity contribution in [1.82, 2.24) is 29.9 Å². The molecule has 0 aromatic carbocycles. The van der Waals surface area contributed by atoms with Crippen LogP contribution in [-0.4, -0.2) is 69.3 Å². The van der Waals surface area contributed by atoms with Crippen LogP contribution in [0.1, 0.15) is 11.3 Å². The Kier molecular flexibility index (Phi) is 6.34. The first-order valence-electron chi connectivity index (χ1n) is 9.46. The van der Waals surface area contributed by atoms with E-state index in [0.29, 0.717) is 59.6 Å². The second-order valence-corrected chi connectivity index (χ2v) is 7.79. The summed E-state index contributed by atoms with van der Waals surface area (Å²) in [5.74, 6) is 0.312. The zero-order valence-corrected chi connectivity index (χ0v) is 17.6. The number of ether oxygens (including phenoxy) is 1. The highest BCUT2D eigenvalue weighted by Gasteiger charge is 2.32. The van der Waals surface area contributed by atoms with Gasteiger partial charge in [0.15, 0.2) is 15.5 Å². The summed E-state index contributed by atoms with van der Waals surface area (Å²) < 4.78 is 43.0. The average molecular weight is 469 g/mol. The van der Waals surface area contributed by atoms with Gasteiger partial charge in [-0.05, 0) is 11.6 Å². The standard InChI is InChI=1S/C18H18F3N7O3S/c1-30-14-13-15(24-10-23-14)32-16(25-13)26-17(29)31-28-6-4-27(5-7-28)9-11-2-3-12(22-8-11)18(19,20)21/h2-3,8,10H,4-7,9H2,1H3,(H,25,26,29). The molecule has 1 aliphatic heterocycles. The normalized spacial score (nSPS) is 15.6. The third kappa shape index (κ3) is 5.20. The molecule has 170 valence electrons. The minimum Gasteiger partial charge on any atom is -0.479 e. The number of halogens is 3. The molecule has 14 heteroatoms. The van der Waals surface area contributed by atoms with Gasteiger partial charge in [-0.3, -0.25) is 15.2 Å². The van der Waals surface area contributed by atoms with E-state index in [4.69, 9.17) is 9.57 Å². The third-order valence-corrected chi connectivity index (χ3v) is 5.51. The van der Waals surface area contributed by atoms with Gasteiger partial charge in [-0.15, -0.1) is 5.06 Å². The molecule has 10 nitrogen and oxygen atoms in total. The third-order valence-electron chi connectivity index (χ3n) is 4.63. The molecule has 4 heterocycles. The summed E-state index contributed by atoms with van der Waals surface area (Å²) in [5, 5.41) is 4.39. The van der Waals surface area contributed by atoms with Crippen molar-refractivity contribution in [2.75, 3.05) is 38.6 Å². The van der Waals surface area contributed by atoms with Crippen LogP contribution in [0.5, 0.6) is 5.88 Å². The summed E-state index contributed by atoms with van der Waals surface area (Å²) in [4.78, 5) is 35.9. The van der Waals surface area contributed by atoms with E-state index >= 15 is 0 Å². The number of hydrogen-bond donors (Lipinski definition) is 1. The maximum absolute atomic E-state index is 12.6. The van der Waals surface area contributed by atoms with E-state index in [0.717, 1.165) is 17.4 Å². The molecule has 0 saturated carbocycles. The van der Waals surface area contributed by atoms with Gasteiger partial charge in [0.2, 0.25) is 5.88 Å². The van der Waals surface area contributed by atoms with Crippen LogP contribution >= 0.6 is 11.3 Å². The second kappa shape index (κ2) is 9.18. The number of fused-ring (bicyclic) bond motifs is 1. The number of alkyl halides is 3. The summed E-state index contributed by atoms with van der Waals surface area (Å²) in [5.41, 5.74) is 0.213. The Morgan fingerprint density at radius 2 is 1.97 bits per heavy atom. The number of thiazole rings is 1. The number of methoxy groups -OCH3 is 1. The second-order valence-electron chi connectivity index (χ2n) is 6.81. The molecular weight excluding hydrogens is 451 g/mol. The van der Waals surface area contributed by atoms with Crippen molar-refractivity contribution in [3.63, 3.8) is 0 Å². The summed E-state index contributed by atoms with van der Waals surface area (Å²) in [6.45, 7) is 2.49. The SMILES string of the molecule is COc1ncnc2sc(NC(=O)ON3CCN(Cc4ccc(C(F)(F)F)nc4)CC3)nc12. The molecule has 0 aliphatic carbocycles. The van der Waals surface area contributed by atoms with Crippen molar-refractivity contribution in [2.45, 2.75) is 12.7 Å². The maximum Gasteiger partial charge on any atom is 0.433 e. The van der Waals surface area contributed by atoms with Crippen LogP contribution in [0.3, 0.4) is 0 Å². The van der Waals surface area contributed by atoms with Gasteiger partial charge < -0.3 is 9.57 Å². The van der Waals surface area contributed by atoms with Gasteiger partial charge in [0.25, 0.3) is 0 Å². The number of rotatable bonds is 5. The number of amides is 1. The fraction of sp³-hybridized carbons (Fsp3) is 0.389. The van der Waals surface area contributed by atoms with Crippen LogP contribution in [0, 0.1) is 0 Å². The lowest BCUT2D eigenvalue weighted by molar-refractivity contribution is -0.141. The summed E-state index contributed by atoms with van der Waals surface area (Å²) in [7, 11) is 1.47. The molecule has 4 rings (SSSR count). The topological polar surface area (TPSA) is 106 Å². The molecule has 1 aliphatic rings. The largest absolute Gasteiger partial charge is 0.479 e. The smallest absolute Gasteiger partial charge is 0.433 e. The van der Waals surface area contributed by atoms with Crippen LogP contribution in [-0.2, 0) is 17.6 Å². The van der Waals surface area contributed by atoms with Gasteiger partial charge in [-0.1, -0.05) is 17.4 Å². The van der Waals surface area contributed by atoms with Crippen molar-refractivity contribution in [1.29, 1.82) is 0 Å². The molecule has 3 aromatic heterocycles. The number of carbonyl (C=O) groups is 1. The lowest BCUT2D eigenvalue weighted by atomic mass is 10.2. The lowest BCUT2D eigenvalue weighted by Crippen LogP contribution is -2.46. The number of nitrogens with one attached hydrogen (secondary N) is 1. The van der Waals surface area contributed by atoms with E-state index in [1.165, 1.54) is 30.8 Å². The maximum atomic E-state index is 12.6. The van der Waals surface area contributed by atoms with Crippen molar-refractivity contribution in [3.8, 4) is 5.88 Å². The molecule has 1 saturated heterocycles. The first-order chi connectivity index (χ1) is 15.3. The molecule has 1 amide bonds. The van der Waals surface area contributed by atoms with Crippen LogP contribution in [0.4, 0.5) is 23.1 Å². The zero-order chi connectivity index (χ0) is 22.7. The Balaban J connectivity index is 1.25. The summed E-state index contributed by atoms with van der Waals surface area (Å²) in [6, 6.07) is 2.39. The van der Waals surface area contributed by atoms with Crippen molar-refractivity contribution >= 4 is 32.9 Å². The first kappa shape index (κ1) is 22.1. The fourth-order valence-corrected chi connectivity index (χ4v) is 3.87. The Morgan fingerprint density at radius 1 is 1.19 bits per heavy atom. The highest BCUT2D eigenvalue weighted by Crippen LogP contribution is 2.29. The molecule has 32 heavy (non-hydrogen) atoms. The molecule has 1 fully saturated rings. The van der Waals surface area contributed by atoms with Crippen LogP contribution < -0.4 is 10.1 Å². The molecule has 0 bridgehead atoms. The molecule has 0 radical (unpaired) electrons. The van der Waals surface area contributed by atoms with Gasteiger partial charge in [0.1, 0.15) is 12.0 Å². The van der Waals surface area contributed by atoms with Crippen LogP contribution in [0.15, 0.2) is 24.7 Å². The predicted molar refractivity (Wildman–Crippen MR) is 108 cm³/mol. The summed E-state index contributed by atoms with van der Waals surface area (Å²) in [6.07, 6.45) is -2.55. The zero-order valence-electron chi connectivity index (χ0n) is 16.8. The molecule has 0 spiro atoms. The molecule has 0 atom stereocenters. The van der Waals surface area contributed by atoms with E-state index in [9.17, 15) is 18.0 Å². The number of anilines is 1. The Labute approximate surface area is 184 Å². The number of hydrogen-bond acceptors (Lipinski definition) is 10.